The van der Waals surface area contributed by atoms with Gasteiger partial charge in [-0.05, 0) is 54.7 Å². The molecule has 0 bridgehead atoms. The summed E-state index contributed by atoms with van der Waals surface area (Å²) < 4.78 is 13.1. The molecule has 2 heterocycles. The number of fused-ring (bicyclic) bond motifs is 1. The van der Waals surface area contributed by atoms with E-state index >= 15 is 0 Å². The normalized spacial score (nSPS) is 21.0. The Kier molecular flexibility index (Phi) is 4.53. The van der Waals surface area contributed by atoms with Gasteiger partial charge < -0.3 is 4.90 Å². The highest BCUT2D eigenvalue weighted by Gasteiger charge is 2.30. The molecule has 2 aliphatic rings. The first kappa shape index (κ1) is 16.3. The van der Waals surface area contributed by atoms with Gasteiger partial charge in [0.25, 0.3) is 5.91 Å². The predicted octanol–water partition coefficient (Wildman–Crippen LogP) is 3.49. The van der Waals surface area contributed by atoms with Gasteiger partial charge in [0.15, 0.2) is 0 Å². The van der Waals surface area contributed by atoms with E-state index in [4.69, 9.17) is 0 Å². The van der Waals surface area contributed by atoms with E-state index in [9.17, 15) is 9.18 Å². The van der Waals surface area contributed by atoms with Gasteiger partial charge in [0, 0.05) is 37.8 Å². The first-order valence-corrected chi connectivity index (χ1v) is 9.06. The number of benzene rings is 2. The van der Waals surface area contributed by atoms with Gasteiger partial charge in [-0.1, -0.05) is 24.3 Å². The van der Waals surface area contributed by atoms with Crippen LogP contribution in [0.25, 0.3) is 0 Å². The minimum atomic E-state index is -0.306. The Morgan fingerprint density at radius 1 is 1.00 bits per heavy atom. The second-order valence-electron chi connectivity index (χ2n) is 7.04. The van der Waals surface area contributed by atoms with Crippen LogP contribution < -0.4 is 0 Å². The van der Waals surface area contributed by atoms with Crippen LogP contribution in [0.3, 0.4) is 0 Å². The number of halogens is 1. The van der Waals surface area contributed by atoms with Crippen LogP contribution in [0.15, 0.2) is 48.5 Å². The largest absolute Gasteiger partial charge is 0.337 e. The van der Waals surface area contributed by atoms with Crippen molar-refractivity contribution in [1.82, 2.24) is 9.80 Å². The molecular formula is C21H23FN2O. The van der Waals surface area contributed by atoms with E-state index < -0.39 is 0 Å². The fraction of sp³-hybridized carbons (Fsp3) is 0.381. The lowest BCUT2D eigenvalue weighted by Gasteiger charge is -2.41. The van der Waals surface area contributed by atoms with Gasteiger partial charge in [-0.2, -0.15) is 0 Å². The molecule has 1 amide bonds. The minimum absolute atomic E-state index is 0.0158. The average Bonchev–Trinajstić information content (AvgIpc) is 2.68. The van der Waals surface area contributed by atoms with E-state index in [1.807, 2.05) is 4.90 Å². The van der Waals surface area contributed by atoms with Gasteiger partial charge >= 0.3 is 0 Å². The molecule has 1 fully saturated rings. The Morgan fingerprint density at radius 2 is 1.76 bits per heavy atom. The molecular weight excluding hydrogens is 315 g/mol. The van der Waals surface area contributed by atoms with Crippen molar-refractivity contribution < 1.29 is 9.18 Å². The molecule has 0 radical (unpaired) electrons. The fourth-order valence-electron chi connectivity index (χ4n) is 4.04. The summed E-state index contributed by atoms with van der Waals surface area (Å²) in [6, 6.07) is 14.9. The van der Waals surface area contributed by atoms with Crippen LogP contribution in [-0.4, -0.2) is 41.4 Å². The highest BCUT2D eigenvalue weighted by atomic mass is 19.1. The number of piperidine rings is 1. The van der Waals surface area contributed by atoms with Crippen molar-refractivity contribution in [2.45, 2.75) is 31.8 Å². The number of carbonyl (C=O) groups is 1. The van der Waals surface area contributed by atoms with E-state index in [-0.39, 0.29) is 11.7 Å². The third-order valence-electron chi connectivity index (χ3n) is 5.45. The Bertz CT molecular complexity index is 759. The van der Waals surface area contributed by atoms with Crippen molar-refractivity contribution in [1.29, 1.82) is 0 Å². The lowest BCUT2D eigenvalue weighted by atomic mass is 9.96. The van der Waals surface area contributed by atoms with Gasteiger partial charge in [0.2, 0.25) is 0 Å². The van der Waals surface area contributed by atoms with E-state index in [0.717, 1.165) is 45.4 Å². The van der Waals surface area contributed by atoms with Crippen molar-refractivity contribution in [3.63, 3.8) is 0 Å². The zero-order valence-electron chi connectivity index (χ0n) is 14.3. The summed E-state index contributed by atoms with van der Waals surface area (Å²) in [5, 5.41) is 0. The summed E-state index contributed by atoms with van der Waals surface area (Å²) in [5.74, 6) is -0.290. The third kappa shape index (κ3) is 3.45. The molecule has 4 rings (SSSR count). The van der Waals surface area contributed by atoms with Gasteiger partial charge in [0.05, 0.1) is 0 Å². The maximum absolute atomic E-state index is 13.1. The maximum Gasteiger partial charge on any atom is 0.253 e. The van der Waals surface area contributed by atoms with Crippen LogP contribution >= 0.6 is 0 Å². The zero-order valence-corrected chi connectivity index (χ0v) is 14.3. The maximum atomic E-state index is 13.1. The van der Waals surface area contributed by atoms with E-state index in [2.05, 4.69) is 29.2 Å². The van der Waals surface area contributed by atoms with Crippen LogP contribution in [0.1, 0.15) is 34.3 Å². The highest BCUT2D eigenvalue weighted by molar-refractivity contribution is 5.94. The Labute approximate surface area is 148 Å². The predicted molar refractivity (Wildman–Crippen MR) is 95.9 cm³/mol. The molecule has 2 aliphatic heterocycles. The van der Waals surface area contributed by atoms with Crippen LogP contribution in [-0.2, 0) is 13.0 Å². The van der Waals surface area contributed by atoms with Crippen molar-refractivity contribution >= 4 is 5.91 Å². The fourth-order valence-corrected chi connectivity index (χ4v) is 4.04. The lowest BCUT2D eigenvalue weighted by Crippen LogP contribution is -2.51. The first-order chi connectivity index (χ1) is 12.2. The molecule has 25 heavy (non-hydrogen) atoms. The minimum Gasteiger partial charge on any atom is -0.337 e. The molecule has 4 heteroatoms. The van der Waals surface area contributed by atoms with E-state index in [1.165, 1.54) is 23.3 Å². The second-order valence-corrected chi connectivity index (χ2v) is 7.04. The molecule has 0 N–H and O–H groups in total. The zero-order chi connectivity index (χ0) is 17.2. The molecule has 2 aromatic carbocycles. The van der Waals surface area contributed by atoms with Crippen LogP contribution in [0.5, 0.6) is 0 Å². The Morgan fingerprint density at radius 3 is 2.56 bits per heavy atom. The van der Waals surface area contributed by atoms with Crippen molar-refractivity contribution in [3.05, 3.63) is 71.0 Å². The number of hydrogen-bond donors (Lipinski definition) is 0. The smallest absolute Gasteiger partial charge is 0.253 e. The Hall–Kier alpha value is -2.20. The van der Waals surface area contributed by atoms with Crippen LogP contribution in [0.2, 0.25) is 0 Å². The van der Waals surface area contributed by atoms with Gasteiger partial charge in [-0.3, -0.25) is 9.69 Å². The summed E-state index contributed by atoms with van der Waals surface area (Å²) in [4.78, 5) is 17.2. The number of likely N-dealkylation sites (tertiary alicyclic amines) is 1. The van der Waals surface area contributed by atoms with Crippen molar-refractivity contribution in [3.8, 4) is 0 Å². The lowest BCUT2D eigenvalue weighted by molar-refractivity contribution is 0.0549. The summed E-state index contributed by atoms with van der Waals surface area (Å²) >= 11 is 0. The molecule has 1 saturated heterocycles. The number of hydrogen-bond acceptors (Lipinski definition) is 2. The topological polar surface area (TPSA) is 23.6 Å². The molecule has 0 aromatic heterocycles. The molecule has 0 unspecified atom stereocenters. The monoisotopic (exact) mass is 338 g/mol. The van der Waals surface area contributed by atoms with Gasteiger partial charge in [-0.25, -0.2) is 4.39 Å². The summed E-state index contributed by atoms with van der Waals surface area (Å²) in [6.07, 6.45) is 3.24. The van der Waals surface area contributed by atoms with Crippen molar-refractivity contribution in [2.24, 2.45) is 0 Å². The number of carbonyl (C=O) groups excluding carboxylic acids is 1. The number of rotatable bonds is 2. The average molecular weight is 338 g/mol. The van der Waals surface area contributed by atoms with Crippen molar-refractivity contribution in [2.75, 3.05) is 19.6 Å². The third-order valence-corrected chi connectivity index (χ3v) is 5.45. The quantitative estimate of drug-likeness (QED) is 0.837. The summed E-state index contributed by atoms with van der Waals surface area (Å²) in [6.45, 7) is 3.58. The summed E-state index contributed by atoms with van der Waals surface area (Å²) in [5.41, 5.74) is 3.44. The molecule has 3 nitrogen and oxygen atoms in total. The van der Waals surface area contributed by atoms with Crippen LogP contribution in [0.4, 0.5) is 4.39 Å². The summed E-state index contributed by atoms with van der Waals surface area (Å²) in [7, 11) is 0. The SMILES string of the molecule is O=C(c1ccc(F)cc1)N1CCC[C@@H](N2CCc3ccccc3C2)C1. The molecule has 2 aromatic rings. The highest BCUT2D eigenvalue weighted by Crippen LogP contribution is 2.25. The van der Waals surface area contributed by atoms with Crippen LogP contribution in [0, 0.1) is 5.82 Å². The first-order valence-electron chi connectivity index (χ1n) is 9.06. The molecule has 0 saturated carbocycles. The molecule has 130 valence electrons. The molecule has 0 spiro atoms. The van der Waals surface area contributed by atoms with Gasteiger partial charge in [-0.15, -0.1) is 0 Å². The molecule has 0 aliphatic carbocycles. The Balaban J connectivity index is 1.44. The van der Waals surface area contributed by atoms with E-state index in [1.54, 1.807) is 12.1 Å². The number of nitrogens with zero attached hydrogens (tertiary/aromatic N) is 2. The second kappa shape index (κ2) is 6.96. The molecule has 1 atom stereocenters. The number of amides is 1. The van der Waals surface area contributed by atoms with Gasteiger partial charge in [0.1, 0.15) is 5.82 Å². The van der Waals surface area contributed by atoms with E-state index in [0.29, 0.717) is 11.6 Å². The standard InChI is InChI=1S/C21H23FN2O/c22-19-9-7-17(8-10-19)21(25)24-12-3-6-20(15-24)23-13-11-16-4-1-2-5-18(16)14-23/h1-2,4-5,7-10,20H,3,6,11-15H2/t20-/m1/s1.